The lowest BCUT2D eigenvalue weighted by Gasteiger charge is -2.44. The van der Waals surface area contributed by atoms with Crippen molar-refractivity contribution in [2.75, 3.05) is 0 Å². The third-order valence-electron chi connectivity index (χ3n) is 4.68. The van der Waals surface area contributed by atoms with E-state index in [4.69, 9.17) is 4.43 Å². The summed E-state index contributed by atoms with van der Waals surface area (Å²) in [5.74, 6) is 0.326. The molecule has 0 amide bonds. The number of ketones is 1. The van der Waals surface area contributed by atoms with Crippen molar-refractivity contribution >= 4 is 14.1 Å². The van der Waals surface area contributed by atoms with Crippen LogP contribution in [0.15, 0.2) is 0 Å². The lowest BCUT2D eigenvalue weighted by molar-refractivity contribution is -0.135. The van der Waals surface area contributed by atoms with Gasteiger partial charge in [0.2, 0.25) is 0 Å². The minimum Gasteiger partial charge on any atom is -0.405 e. The molecule has 0 aromatic rings. The molecule has 2 nitrogen and oxygen atoms in total. The van der Waals surface area contributed by atoms with Crippen LogP contribution in [0.3, 0.4) is 0 Å². The van der Waals surface area contributed by atoms with Gasteiger partial charge in [-0.2, -0.15) is 0 Å². The Morgan fingerprint density at radius 1 is 1.11 bits per heavy atom. The van der Waals surface area contributed by atoms with Gasteiger partial charge in [-0.1, -0.05) is 40.0 Å². The zero-order valence-corrected chi connectivity index (χ0v) is 14.1. The second-order valence-electron chi connectivity index (χ2n) is 7.43. The maximum Gasteiger partial charge on any atom is 0.193 e. The summed E-state index contributed by atoms with van der Waals surface area (Å²) in [6.45, 7) is 13.2. The van der Waals surface area contributed by atoms with E-state index in [0.717, 1.165) is 19.3 Å². The molecule has 106 valence electrons. The minimum atomic E-state index is -1.87. The molecule has 0 saturated heterocycles. The van der Waals surface area contributed by atoms with Gasteiger partial charge in [-0.15, -0.1) is 0 Å². The summed E-state index contributed by atoms with van der Waals surface area (Å²) >= 11 is 0. The third-order valence-corrected chi connectivity index (χ3v) is 9.26. The Balaban J connectivity index is 2.86. The zero-order valence-electron chi connectivity index (χ0n) is 13.1. The zero-order chi connectivity index (χ0) is 14.0. The largest absolute Gasteiger partial charge is 0.405 e. The van der Waals surface area contributed by atoms with E-state index in [1.54, 1.807) is 0 Å². The van der Waals surface area contributed by atoms with Crippen LogP contribution >= 0.6 is 0 Å². The van der Waals surface area contributed by atoms with Crippen LogP contribution in [0.1, 0.15) is 66.2 Å². The van der Waals surface area contributed by atoms with Gasteiger partial charge >= 0.3 is 0 Å². The molecule has 0 spiro atoms. The molecule has 0 aliphatic heterocycles. The summed E-state index contributed by atoms with van der Waals surface area (Å²) in [6.07, 6.45) is 6.20. The number of hydrogen-bond acceptors (Lipinski definition) is 2. The van der Waals surface area contributed by atoms with Gasteiger partial charge in [-0.25, -0.2) is 0 Å². The van der Waals surface area contributed by atoms with E-state index in [1.165, 1.54) is 12.8 Å². The lowest BCUT2D eigenvalue weighted by atomic mass is 9.87. The Morgan fingerprint density at radius 3 is 2.22 bits per heavy atom. The topological polar surface area (TPSA) is 26.3 Å². The van der Waals surface area contributed by atoms with E-state index >= 15 is 0 Å². The monoisotopic (exact) mass is 270 g/mol. The molecule has 0 aromatic carbocycles. The molecule has 18 heavy (non-hydrogen) atoms. The molecule has 3 heteroatoms. The molecule has 0 N–H and O–H groups in total. The molecule has 1 fully saturated rings. The summed E-state index contributed by atoms with van der Waals surface area (Å²) < 4.78 is 6.47. The summed E-state index contributed by atoms with van der Waals surface area (Å²) in [7, 11) is -1.87. The molecule has 1 unspecified atom stereocenters. The Bertz CT molecular complexity index is 304. The van der Waals surface area contributed by atoms with Crippen molar-refractivity contribution in [1.82, 2.24) is 0 Å². The van der Waals surface area contributed by atoms with Crippen LogP contribution < -0.4 is 0 Å². The average molecular weight is 270 g/mol. The molecule has 0 radical (unpaired) electrons. The molecule has 1 atom stereocenters. The fraction of sp³-hybridized carbons (Fsp3) is 0.933. The van der Waals surface area contributed by atoms with Crippen LogP contribution in [0, 0.1) is 0 Å². The average Bonchev–Trinajstić information content (AvgIpc) is 2.18. The maximum absolute atomic E-state index is 12.4. The maximum atomic E-state index is 12.4. The molecule has 1 rings (SSSR count). The van der Waals surface area contributed by atoms with E-state index in [2.05, 4.69) is 33.9 Å². The molecular weight excluding hydrogens is 240 g/mol. The molecular formula is C15H30O2Si. The number of carbonyl (C=O) groups is 1. The highest BCUT2D eigenvalue weighted by atomic mass is 28.4. The van der Waals surface area contributed by atoms with E-state index in [0.29, 0.717) is 12.2 Å². The summed E-state index contributed by atoms with van der Waals surface area (Å²) in [6, 6.07) is 0. The second kappa shape index (κ2) is 5.46. The van der Waals surface area contributed by atoms with Gasteiger partial charge in [0.15, 0.2) is 14.1 Å². The number of carbonyl (C=O) groups excluding carboxylic acids is 1. The summed E-state index contributed by atoms with van der Waals surface area (Å²) in [5.41, 5.74) is -0.524. The van der Waals surface area contributed by atoms with Gasteiger partial charge in [0.1, 0.15) is 5.60 Å². The van der Waals surface area contributed by atoms with Crippen LogP contribution in [0.25, 0.3) is 0 Å². The Kier molecular flexibility index (Phi) is 4.82. The highest BCUT2D eigenvalue weighted by Crippen LogP contribution is 2.41. The van der Waals surface area contributed by atoms with Crippen molar-refractivity contribution in [1.29, 1.82) is 0 Å². The summed E-state index contributed by atoms with van der Waals surface area (Å²) in [4.78, 5) is 12.4. The van der Waals surface area contributed by atoms with Crippen molar-refractivity contribution in [3.63, 3.8) is 0 Å². The van der Waals surface area contributed by atoms with Gasteiger partial charge in [0.05, 0.1) is 0 Å². The predicted molar refractivity (Wildman–Crippen MR) is 79.4 cm³/mol. The second-order valence-corrected chi connectivity index (χ2v) is 12.2. The lowest BCUT2D eigenvalue weighted by Crippen LogP contribution is -2.52. The van der Waals surface area contributed by atoms with Gasteiger partial charge in [-0.05, 0) is 37.9 Å². The van der Waals surface area contributed by atoms with E-state index in [9.17, 15) is 4.79 Å². The van der Waals surface area contributed by atoms with Gasteiger partial charge in [0.25, 0.3) is 0 Å². The Morgan fingerprint density at radius 2 is 1.67 bits per heavy atom. The van der Waals surface area contributed by atoms with Crippen molar-refractivity contribution < 1.29 is 9.22 Å². The van der Waals surface area contributed by atoms with Crippen molar-refractivity contribution in [3.05, 3.63) is 0 Å². The smallest absolute Gasteiger partial charge is 0.193 e. The van der Waals surface area contributed by atoms with Crippen LogP contribution in [0.4, 0.5) is 0 Å². The fourth-order valence-corrected chi connectivity index (χ4v) is 3.98. The van der Waals surface area contributed by atoms with Crippen molar-refractivity contribution in [2.24, 2.45) is 0 Å². The van der Waals surface area contributed by atoms with Crippen molar-refractivity contribution in [2.45, 2.75) is 90.0 Å². The third kappa shape index (κ3) is 3.67. The van der Waals surface area contributed by atoms with Crippen molar-refractivity contribution in [3.8, 4) is 0 Å². The molecule has 1 aliphatic rings. The van der Waals surface area contributed by atoms with E-state index < -0.39 is 13.9 Å². The first-order chi connectivity index (χ1) is 8.08. The van der Waals surface area contributed by atoms with Gasteiger partial charge in [0, 0.05) is 6.42 Å². The molecule has 0 bridgehead atoms. The highest BCUT2D eigenvalue weighted by molar-refractivity contribution is 6.74. The molecule has 1 saturated carbocycles. The molecule has 0 aromatic heterocycles. The molecule has 1 aliphatic carbocycles. The van der Waals surface area contributed by atoms with Gasteiger partial charge in [-0.3, -0.25) is 4.79 Å². The van der Waals surface area contributed by atoms with E-state index in [-0.39, 0.29) is 5.04 Å². The van der Waals surface area contributed by atoms with Crippen LogP contribution in [-0.2, 0) is 9.22 Å². The SMILES string of the molecule is CC1(O[Si](C)(C)C(C)(C)C)CCCCCCC1=O. The standard InChI is InChI=1S/C15H30O2Si/c1-14(2,3)18(5,6)17-15(4)12-10-8-7-9-11-13(15)16/h7-12H2,1-6H3. The highest BCUT2D eigenvalue weighted by Gasteiger charge is 2.45. The van der Waals surface area contributed by atoms with E-state index in [1.807, 2.05) is 6.92 Å². The minimum absolute atomic E-state index is 0.165. The first-order valence-electron chi connectivity index (χ1n) is 7.32. The quantitative estimate of drug-likeness (QED) is 0.680. The normalized spacial score (nSPS) is 27.8. The first kappa shape index (κ1) is 15.9. The van der Waals surface area contributed by atoms with Crippen LogP contribution in [0.5, 0.6) is 0 Å². The number of hydrogen-bond donors (Lipinski definition) is 0. The Hall–Kier alpha value is -0.153. The summed E-state index contributed by atoms with van der Waals surface area (Å²) in [5, 5.41) is 0.165. The number of Topliss-reactive ketones (excluding diaryl/α,β-unsaturated/α-hetero) is 1. The van der Waals surface area contributed by atoms with Crippen LogP contribution in [0.2, 0.25) is 18.1 Å². The number of rotatable bonds is 2. The van der Waals surface area contributed by atoms with Crippen LogP contribution in [-0.4, -0.2) is 19.7 Å². The predicted octanol–water partition coefficient (Wildman–Crippen LogP) is 4.69. The fourth-order valence-electron chi connectivity index (χ4n) is 2.33. The Labute approximate surface area is 114 Å². The first-order valence-corrected chi connectivity index (χ1v) is 10.2. The van der Waals surface area contributed by atoms with Gasteiger partial charge < -0.3 is 4.43 Å². The molecule has 0 heterocycles.